The molecule has 1 atom stereocenters. The van der Waals surface area contributed by atoms with Crippen LogP contribution in [0.5, 0.6) is 0 Å². The number of carbonyl (C=O) groups is 2. The monoisotopic (exact) mass is 511 g/mol. The van der Waals surface area contributed by atoms with Crippen LogP contribution in [0.2, 0.25) is 0 Å². The van der Waals surface area contributed by atoms with Crippen molar-refractivity contribution >= 4 is 28.3 Å². The lowest BCUT2D eigenvalue weighted by Crippen LogP contribution is -2.46. The van der Waals surface area contributed by atoms with Gasteiger partial charge in [-0.3, -0.25) is 14.5 Å². The first-order valence-electron chi connectivity index (χ1n) is 12.1. The third kappa shape index (κ3) is 7.53. The van der Waals surface area contributed by atoms with E-state index in [1.807, 2.05) is 31.3 Å². The Morgan fingerprint density at radius 1 is 1.03 bits per heavy atom. The third-order valence-corrected chi connectivity index (χ3v) is 6.63. The van der Waals surface area contributed by atoms with Crippen LogP contribution in [-0.2, 0) is 22.6 Å². The van der Waals surface area contributed by atoms with Crippen molar-refractivity contribution in [3.8, 4) is 0 Å². The highest BCUT2D eigenvalue weighted by Gasteiger charge is 2.25. The van der Waals surface area contributed by atoms with E-state index in [1.165, 1.54) is 6.07 Å². The van der Waals surface area contributed by atoms with Gasteiger partial charge in [0.1, 0.15) is 11.6 Å². The molecule has 198 valence electrons. The van der Waals surface area contributed by atoms with Gasteiger partial charge in [-0.2, -0.15) is 0 Å². The topological polar surface area (TPSA) is 91.6 Å². The molecule has 0 saturated carbocycles. The number of nitrogens with two attached hydrogens (primary N) is 1. The smallest absolute Gasteiger partial charge is 0.224 e. The standard InChI is InChI=1S/C27H31F2N5O2.CH4/c1-33-8-10-34(11-9-33)17-22(35)15-21(12-18-3-5-24(28)25(29)14-18)27(36)32-16-19-2-4-23-20(13-19)6-7-31-26(23)30;/h2-7,13-14,21H,8-12,15-17H2,1H3,(H2,30,31)(H,32,36);1H4/t21-;/m1./s1. The number of Topliss-reactive ketones (excluding diaryl/α,β-unsaturated/α-hetero) is 1. The number of fused-ring (bicyclic) bond motifs is 1. The fraction of sp³-hybridized carbons (Fsp3) is 0.393. The van der Waals surface area contributed by atoms with Crippen LogP contribution in [-0.4, -0.2) is 66.2 Å². The van der Waals surface area contributed by atoms with Crippen molar-refractivity contribution in [2.45, 2.75) is 26.8 Å². The number of hydrogen-bond acceptors (Lipinski definition) is 6. The third-order valence-electron chi connectivity index (χ3n) is 6.63. The number of nitrogens with one attached hydrogen (secondary N) is 1. The summed E-state index contributed by atoms with van der Waals surface area (Å²) < 4.78 is 27.2. The van der Waals surface area contributed by atoms with Gasteiger partial charge >= 0.3 is 0 Å². The van der Waals surface area contributed by atoms with E-state index in [2.05, 4.69) is 20.1 Å². The van der Waals surface area contributed by atoms with Crippen molar-refractivity contribution in [3.05, 3.63) is 71.4 Å². The van der Waals surface area contributed by atoms with Gasteiger partial charge in [-0.05, 0) is 54.2 Å². The first-order valence-corrected chi connectivity index (χ1v) is 12.1. The molecular weight excluding hydrogens is 476 g/mol. The van der Waals surface area contributed by atoms with Crippen molar-refractivity contribution in [1.29, 1.82) is 0 Å². The number of piperazine rings is 1. The number of anilines is 1. The quantitative estimate of drug-likeness (QED) is 0.458. The Kier molecular flexibility index (Phi) is 9.66. The van der Waals surface area contributed by atoms with Crippen LogP contribution in [0, 0.1) is 17.6 Å². The fourth-order valence-electron chi connectivity index (χ4n) is 4.50. The Morgan fingerprint density at radius 3 is 2.49 bits per heavy atom. The van der Waals surface area contributed by atoms with Gasteiger partial charge in [-0.15, -0.1) is 0 Å². The zero-order valence-electron chi connectivity index (χ0n) is 20.3. The first kappa shape index (κ1) is 28.1. The van der Waals surface area contributed by atoms with Crippen molar-refractivity contribution in [2.75, 3.05) is 45.5 Å². The Labute approximate surface area is 216 Å². The Morgan fingerprint density at radius 2 is 1.76 bits per heavy atom. The summed E-state index contributed by atoms with van der Waals surface area (Å²) in [5.41, 5.74) is 7.25. The van der Waals surface area contributed by atoms with Crippen LogP contribution in [0.1, 0.15) is 25.0 Å². The number of amides is 1. The predicted octanol–water partition coefficient (Wildman–Crippen LogP) is 3.41. The van der Waals surface area contributed by atoms with Gasteiger partial charge in [0.25, 0.3) is 0 Å². The van der Waals surface area contributed by atoms with Crippen molar-refractivity contribution in [3.63, 3.8) is 0 Å². The van der Waals surface area contributed by atoms with Crippen LogP contribution < -0.4 is 11.1 Å². The molecule has 2 aromatic carbocycles. The SMILES string of the molecule is C.CN1CCN(CC(=O)C[C@@H](Cc2ccc(F)c(F)c2)C(=O)NCc2ccc3c(N)nccc3c2)CC1. The molecule has 3 N–H and O–H groups in total. The number of nitrogens with zero attached hydrogens (tertiary/aromatic N) is 3. The molecule has 0 aliphatic carbocycles. The van der Waals surface area contributed by atoms with E-state index < -0.39 is 17.6 Å². The summed E-state index contributed by atoms with van der Waals surface area (Å²) in [5.74, 6) is -2.53. The summed E-state index contributed by atoms with van der Waals surface area (Å²) in [6.07, 6.45) is 1.79. The predicted molar refractivity (Wildman–Crippen MR) is 142 cm³/mol. The zero-order valence-corrected chi connectivity index (χ0v) is 20.3. The highest BCUT2D eigenvalue weighted by molar-refractivity contribution is 5.91. The number of carbonyl (C=O) groups excluding carboxylic acids is 2. The summed E-state index contributed by atoms with van der Waals surface area (Å²) in [5, 5.41) is 4.66. The minimum absolute atomic E-state index is 0. The number of aromatic nitrogens is 1. The number of nitrogen functional groups attached to an aromatic ring is 1. The van der Waals surface area contributed by atoms with Crippen LogP contribution in [0.4, 0.5) is 14.6 Å². The van der Waals surface area contributed by atoms with E-state index in [4.69, 9.17) is 5.73 Å². The Hall–Kier alpha value is -3.43. The Balaban J connectivity index is 0.00000380. The van der Waals surface area contributed by atoms with Crippen LogP contribution in [0.3, 0.4) is 0 Å². The van der Waals surface area contributed by atoms with Gasteiger partial charge < -0.3 is 16.0 Å². The summed E-state index contributed by atoms with van der Waals surface area (Å²) in [7, 11) is 2.04. The van der Waals surface area contributed by atoms with Gasteiger partial charge in [0.05, 0.1) is 6.54 Å². The minimum atomic E-state index is -0.972. The molecular formula is C28H35F2N5O2. The van der Waals surface area contributed by atoms with E-state index in [-0.39, 0.29) is 45.0 Å². The van der Waals surface area contributed by atoms with Gasteiger partial charge in [0.15, 0.2) is 11.6 Å². The number of halogens is 2. The second kappa shape index (κ2) is 12.7. The molecule has 1 aliphatic rings. The maximum atomic E-state index is 13.8. The molecule has 7 nitrogen and oxygen atoms in total. The molecule has 9 heteroatoms. The van der Waals surface area contributed by atoms with Gasteiger partial charge in [0, 0.05) is 56.6 Å². The second-order valence-electron chi connectivity index (χ2n) is 9.44. The number of ketones is 1. The molecule has 0 spiro atoms. The molecule has 1 fully saturated rings. The van der Waals surface area contributed by atoms with Crippen LogP contribution >= 0.6 is 0 Å². The maximum Gasteiger partial charge on any atom is 0.224 e. The van der Waals surface area contributed by atoms with Gasteiger partial charge in [-0.1, -0.05) is 25.6 Å². The van der Waals surface area contributed by atoms with Crippen LogP contribution in [0.25, 0.3) is 10.8 Å². The number of hydrogen-bond donors (Lipinski definition) is 2. The molecule has 0 radical (unpaired) electrons. The van der Waals surface area contributed by atoms with E-state index in [0.29, 0.717) is 11.4 Å². The number of likely N-dealkylation sites (N-methyl/N-ethyl adjacent to an activating group) is 1. The first-order chi connectivity index (χ1) is 17.3. The van der Waals surface area contributed by atoms with E-state index >= 15 is 0 Å². The largest absolute Gasteiger partial charge is 0.383 e. The number of rotatable bonds is 9. The molecule has 2 heterocycles. The Bertz CT molecular complexity index is 1240. The normalized spacial score (nSPS) is 15.2. The molecule has 1 aromatic heterocycles. The molecule has 37 heavy (non-hydrogen) atoms. The molecule has 4 rings (SSSR count). The number of benzene rings is 2. The summed E-state index contributed by atoms with van der Waals surface area (Å²) >= 11 is 0. The van der Waals surface area contributed by atoms with Gasteiger partial charge in [0.2, 0.25) is 5.91 Å². The summed E-state index contributed by atoms with van der Waals surface area (Å²) in [6, 6.07) is 11.1. The highest BCUT2D eigenvalue weighted by Crippen LogP contribution is 2.21. The average Bonchev–Trinajstić information content (AvgIpc) is 2.86. The molecule has 0 bridgehead atoms. The molecule has 1 amide bonds. The zero-order chi connectivity index (χ0) is 25.7. The molecule has 0 unspecified atom stereocenters. The lowest BCUT2D eigenvalue weighted by molar-refractivity contribution is -0.130. The number of pyridine rings is 1. The highest BCUT2D eigenvalue weighted by atomic mass is 19.2. The maximum absolute atomic E-state index is 13.8. The van der Waals surface area contributed by atoms with Crippen molar-refractivity contribution in [2.24, 2.45) is 5.92 Å². The van der Waals surface area contributed by atoms with E-state index in [0.717, 1.165) is 54.6 Å². The summed E-state index contributed by atoms with van der Waals surface area (Å²) in [4.78, 5) is 34.4. The molecule has 1 saturated heterocycles. The fourth-order valence-corrected chi connectivity index (χ4v) is 4.50. The van der Waals surface area contributed by atoms with E-state index in [1.54, 1.807) is 6.20 Å². The van der Waals surface area contributed by atoms with Crippen molar-refractivity contribution < 1.29 is 18.4 Å². The van der Waals surface area contributed by atoms with Crippen molar-refractivity contribution in [1.82, 2.24) is 20.1 Å². The average molecular weight is 512 g/mol. The summed E-state index contributed by atoms with van der Waals surface area (Å²) in [6.45, 7) is 3.90. The van der Waals surface area contributed by atoms with Crippen LogP contribution in [0.15, 0.2) is 48.7 Å². The molecule has 3 aromatic rings. The second-order valence-corrected chi connectivity index (χ2v) is 9.44. The lowest BCUT2D eigenvalue weighted by atomic mass is 9.93. The molecule has 1 aliphatic heterocycles. The van der Waals surface area contributed by atoms with E-state index in [9.17, 15) is 18.4 Å². The minimum Gasteiger partial charge on any atom is -0.383 e. The lowest BCUT2D eigenvalue weighted by Gasteiger charge is -2.32. The van der Waals surface area contributed by atoms with Gasteiger partial charge in [-0.25, -0.2) is 13.8 Å².